The lowest BCUT2D eigenvalue weighted by Crippen LogP contribution is -2.19. The lowest BCUT2D eigenvalue weighted by Gasteiger charge is -2.13. The van der Waals surface area contributed by atoms with Crippen LogP contribution < -0.4 is 10.6 Å². The second-order valence-corrected chi connectivity index (χ2v) is 8.27. The topological polar surface area (TPSA) is 96.9 Å². The smallest absolute Gasteiger partial charge is 0.286 e. The van der Waals surface area contributed by atoms with Crippen molar-refractivity contribution < 1.29 is 18.4 Å². The summed E-state index contributed by atoms with van der Waals surface area (Å²) in [6.07, 6.45) is 6.15. The van der Waals surface area contributed by atoms with Crippen molar-refractivity contribution in [3.63, 3.8) is 0 Å². The standard InChI is InChI=1S/C27H23F2N5O2/c1-16-4-5-21(34-25(35)18-7-9-33-24(12-18)27(2,28)29)13-22(16)20-10-19(14-31-15-20)17-6-8-32-23(11-17)26(36)30-3/h4-15H,1-3H3,(H,30,36)(H,34,35). The van der Waals surface area contributed by atoms with Crippen LogP contribution in [-0.2, 0) is 5.92 Å². The Morgan fingerprint density at radius 1 is 0.861 bits per heavy atom. The average molecular weight is 488 g/mol. The Hall–Kier alpha value is -4.53. The molecule has 0 spiro atoms. The Balaban J connectivity index is 1.63. The van der Waals surface area contributed by atoms with Gasteiger partial charge in [0.2, 0.25) is 0 Å². The highest BCUT2D eigenvalue weighted by Gasteiger charge is 2.27. The van der Waals surface area contributed by atoms with Crippen LogP contribution in [-0.4, -0.2) is 33.8 Å². The van der Waals surface area contributed by atoms with Gasteiger partial charge >= 0.3 is 0 Å². The number of carbonyl (C=O) groups is 2. The highest BCUT2D eigenvalue weighted by molar-refractivity contribution is 6.04. The van der Waals surface area contributed by atoms with Gasteiger partial charge < -0.3 is 10.6 Å². The maximum absolute atomic E-state index is 13.6. The molecule has 7 nitrogen and oxygen atoms in total. The fraction of sp³-hybridized carbons (Fsp3) is 0.148. The first-order valence-electron chi connectivity index (χ1n) is 11.1. The molecule has 36 heavy (non-hydrogen) atoms. The summed E-state index contributed by atoms with van der Waals surface area (Å²) in [5.74, 6) is -3.96. The molecule has 182 valence electrons. The number of benzene rings is 1. The molecule has 0 saturated carbocycles. The number of nitrogens with zero attached hydrogens (tertiary/aromatic N) is 3. The van der Waals surface area contributed by atoms with Crippen molar-refractivity contribution in [2.75, 3.05) is 12.4 Å². The summed E-state index contributed by atoms with van der Waals surface area (Å²) in [5.41, 5.74) is 4.55. The minimum atomic E-state index is -3.15. The predicted octanol–water partition coefficient (Wildman–Crippen LogP) is 5.24. The molecule has 0 radical (unpaired) electrons. The molecule has 2 N–H and O–H groups in total. The number of pyridine rings is 3. The summed E-state index contributed by atoms with van der Waals surface area (Å²) in [6.45, 7) is 2.67. The Morgan fingerprint density at radius 3 is 2.36 bits per heavy atom. The van der Waals surface area contributed by atoms with Gasteiger partial charge in [-0.25, -0.2) is 0 Å². The monoisotopic (exact) mass is 487 g/mol. The third kappa shape index (κ3) is 5.41. The first kappa shape index (κ1) is 24.6. The van der Waals surface area contributed by atoms with Crippen molar-refractivity contribution >= 4 is 17.5 Å². The minimum absolute atomic E-state index is 0.0805. The molecular formula is C27H23F2N5O2. The van der Waals surface area contributed by atoms with E-state index < -0.39 is 17.5 Å². The molecule has 2 amide bonds. The molecule has 4 aromatic rings. The van der Waals surface area contributed by atoms with Crippen LogP contribution in [0.4, 0.5) is 14.5 Å². The van der Waals surface area contributed by atoms with Crippen molar-refractivity contribution in [3.8, 4) is 22.3 Å². The summed E-state index contributed by atoms with van der Waals surface area (Å²) < 4.78 is 27.2. The maximum atomic E-state index is 13.6. The number of carbonyl (C=O) groups excluding carboxylic acids is 2. The first-order valence-corrected chi connectivity index (χ1v) is 11.1. The van der Waals surface area contributed by atoms with Crippen LogP contribution in [0.3, 0.4) is 0 Å². The molecule has 3 heterocycles. The zero-order valence-corrected chi connectivity index (χ0v) is 19.8. The summed E-state index contributed by atoms with van der Waals surface area (Å²) in [5, 5.41) is 5.32. The van der Waals surface area contributed by atoms with Crippen LogP contribution in [0.25, 0.3) is 22.3 Å². The molecule has 0 aliphatic carbocycles. The van der Waals surface area contributed by atoms with Gasteiger partial charge in [-0.05, 0) is 66.1 Å². The number of rotatable bonds is 6. The number of hydrogen-bond acceptors (Lipinski definition) is 5. The van der Waals surface area contributed by atoms with E-state index in [1.807, 2.05) is 19.1 Å². The van der Waals surface area contributed by atoms with Gasteiger partial charge in [-0.1, -0.05) is 6.07 Å². The molecule has 3 aromatic heterocycles. The van der Waals surface area contributed by atoms with Crippen LogP contribution in [0.1, 0.15) is 39.0 Å². The van der Waals surface area contributed by atoms with Gasteiger partial charge in [0, 0.05) is 61.1 Å². The molecule has 0 unspecified atom stereocenters. The Morgan fingerprint density at radius 2 is 1.61 bits per heavy atom. The van der Waals surface area contributed by atoms with E-state index in [1.165, 1.54) is 12.3 Å². The molecular weight excluding hydrogens is 464 g/mol. The van der Waals surface area contributed by atoms with Crippen LogP contribution in [0.5, 0.6) is 0 Å². The first-order chi connectivity index (χ1) is 17.2. The summed E-state index contributed by atoms with van der Waals surface area (Å²) in [4.78, 5) is 36.8. The van der Waals surface area contributed by atoms with E-state index >= 15 is 0 Å². The van der Waals surface area contributed by atoms with Gasteiger partial charge in [-0.15, -0.1) is 0 Å². The van der Waals surface area contributed by atoms with Gasteiger partial charge in [0.1, 0.15) is 11.4 Å². The molecule has 0 atom stereocenters. The lowest BCUT2D eigenvalue weighted by molar-refractivity contribution is 0.0127. The SMILES string of the molecule is CNC(=O)c1cc(-c2cncc(-c3cc(NC(=O)c4ccnc(C(C)(F)F)c4)ccc3C)c2)ccn1. The molecule has 1 aromatic carbocycles. The molecule has 9 heteroatoms. The van der Waals surface area contributed by atoms with Gasteiger partial charge in [0.15, 0.2) is 0 Å². The zero-order valence-electron chi connectivity index (χ0n) is 19.8. The summed E-state index contributed by atoms with van der Waals surface area (Å²) in [7, 11) is 1.54. The zero-order chi connectivity index (χ0) is 25.9. The number of halogens is 2. The third-order valence-corrected chi connectivity index (χ3v) is 5.57. The number of alkyl halides is 2. The Bertz CT molecular complexity index is 1450. The third-order valence-electron chi connectivity index (χ3n) is 5.57. The fourth-order valence-corrected chi connectivity index (χ4v) is 3.63. The van der Waals surface area contributed by atoms with Crippen molar-refractivity contribution in [1.82, 2.24) is 20.3 Å². The van der Waals surface area contributed by atoms with Crippen molar-refractivity contribution in [3.05, 3.63) is 95.8 Å². The summed E-state index contributed by atoms with van der Waals surface area (Å²) in [6, 6.07) is 13.3. The Kier molecular flexibility index (Phi) is 6.82. The number of aromatic nitrogens is 3. The molecule has 0 aliphatic rings. The van der Waals surface area contributed by atoms with Crippen molar-refractivity contribution in [1.29, 1.82) is 0 Å². The van der Waals surface area contributed by atoms with E-state index in [2.05, 4.69) is 25.6 Å². The predicted molar refractivity (Wildman–Crippen MR) is 133 cm³/mol. The highest BCUT2D eigenvalue weighted by Crippen LogP contribution is 2.30. The van der Waals surface area contributed by atoms with E-state index in [4.69, 9.17) is 0 Å². The highest BCUT2D eigenvalue weighted by atomic mass is 19.3. The maximum Gasteiger partial charge on any atom is 0.286 e. The van der Waals surface area contributed by atoms with E-state index in [9.17, 15) is 18.4 Å². The quantitative estimate of drug-likeness (QED) is 0.388. The minimum Gasteiger partial charge on any atom is -0.354 e. The number of aryl methyl sites for hydroxylation is 1. The number of nitrogens with one attached hydrogen (secondary N) is 2. The van der Waals surface area contributed by atoms with Gasteiger partial charge in [0.05, 0.1) is 0 Å². The fourth-order valence-electron chi connectivity index (χ4n) is 3.63. The van der Waals surface area contributed by atoms with E-state index in [0.717, 1.165) is 40.8 Å². The van der Waals surface area contributed by atoms with E-state index in [0.29, 0.717) is 11.4 Å². The molecule has 0 fully saturated rings. The van der Waals surface area contributed by atoms with Crippen LogP contribution in [0, 0.1) is 6.92 Å². The second kappa shape index (κ2) is 9.99. The normalized spacial score (nSPS) is 11.1. The largest absolute Gasteiger partial charge is 0.354 e. The molecule has 0 bridgehead atoms. The summed E-state index contributed by atoms with van der Waals surface area (Å²) >= 11 is 0. The van der Waals surface area contributed by atoms with Crippen LogP contribution >= 0.6 is 0 Å². The molecule has 4 rings (SSSR count). The van der Waals surface area contributed by atoms with Gasteiger partial charge in [-0.2, -0.15) is 8.78 Å². The second-order valence-electron chi connectivity index (χ2n) is 8.27. The lowest BCUT2D eigenvalue weighted by atomic mass is 9.98. The van der Waals surface area contributed by atoms with E-state index in [-0.39, 0.29) is 11.5 Å². The molecule has 0 saturated heterocycles. The average Bonchev–Trinajstić information content (AvgIpc) is 2.89. The van der Waals surface area contributed by atoms with Gasteiger partial charge in [0.25, 0.3) is 17.7 Å². The van der Waals surface area contributed by atoms with Crippen LogP contribution in [0.2, 0.25) is 0 Å². The van der Waals surface area contributed by atoms with Crippen molar-refractivity contribution in [2.24, 2.45) is 0 Å². The van der Waals surface area contributed by atoms with E-state index in [1.54, 1.807) is 49.9 Å². The number of anilines is 1. The number of amides is 2. The number of hydrogen-bond donors (Lipinski definition) is 2. The van der Waals surface area contributed by atoms with Crippen LogP contribution in [0.15, 0.2) is 73.3 Å². The van der Waals surface area contributed by atoms with Crippen molar-refractivity contribution in [2.45, 2.75) is 19.8 Å². The Labute approximate surface area is 206 Å². The molecule has 0 aliphatic heterocycles. The van der Waals surface area contributed by atoms with Gasteiger partial charge in [-0.3, -0.25) is 24.5 Å².